The molecule has 0 bridgehead atoms. The number of amides is 1. The van der Waals surface area contributed by atoms with Crippen LogP contribution in [0.25, 0.3) is 0 Å². The van der Waals surface area contributed by atoms with Crippen molar-refractivity contribution in [3.8, 4) is 5.75 Å². The first-order valence-electron chi connectivity index (χ1n) is 8.53. The van der Waals surface area contributed by atoms with Gasteiger partial charge in [-0.05, 0) is 60.7 Å². The SMILES string of the molecule is CN(c1ccc(OCC(=O)Nc2ccncc2)cc1)S(=O)(=O)c1ccc(F)cc1. The van der Waals surface area contributed by atoms with Crippen LogP contribution in [0.1, 0.15) is 0 Å². The van der Waals surface area contributed by atoms with Crippen LogP contribution in [0.2, 0.25) is 0 Å². The van der Waals surface area contributed by atoms with Crippen LogP contribution in [0.3, 0.4) is 0 Å². The van der Waals surface area contributed by atoms with Crippen molar-refractivity contribution in [2.45, 2.75) is 4.90 Å². The Morgan fingerprint density at radius 1 is 1.03 bits per heavy atom. The van der Waals surface area contributed by atoms with Crippen LogP contribution in [0.15, 0.2) is 78.0 Å². The van der Waals surface area contributed by atoms with Gasteiger partial charge in [-0.15, -0.1) is 0 Å². The highest BCUT2D eigenvalue weighted by Crippen LogP contribution is 2.24. The third-order valence-electron chi connectivity index (χ3n) is 4.01. The number of nitrogens with one attached hydrogen (secondary N) is 1. The lowest BCUT2D eigenvalue weighted by atomic mass is 10.3. The highest BCUT2D eigenvalue weighted by molar-refractivity contribution is 7.92. The third kappa shape index (κ3) is 5.08. The van der Waals surface area contributed by atoms with Crippen molar-refractivity contribution in [2.24, 2.45) is 0 Å². The summed E-state index contributed by atoms with van der Waals surface area (Å²) < 4.78 is 44.8. The summed E-state index contributed by atoms with van der Waals surface area (Å²) in [6.07, 6.45) is 3.12. The van der Waals surface area contributed by atoms with Crippen molar-refractivity contribution in [3.05, 3.63) is 78.9 Å². The van der Waals surface area contributed by atoms with Crippen molar-refractivity contribution >= 4 is 27.3 Å². The van der Waals surface area contributed by atoms with Gasteiger partial charge >= 0.3 is 0 Å². The van der Waals surface area contributed by atoms with Crippen molar-refractivity contribution in [1.29, 1.82) is 0 Å². The summed E-state index contributed by atoms with van der Waals surface area (Å²) in [6, 6.07) is 14.1. The van der Waals surface area contributed by atoms with E-state index < -0.39 is 15.8 Å². The van der Waals surface area contributed by atoms with Gasteiger partial charge < -0.3 is 10.1 Å². The summed E-state index contributed by atoms with van der Waals surface area (Å²) in [5.74, 6) is -0.441. The maximum atomic E-state index is 13.0. The highest BCUT2D eigenvalue weighted by Gasteiger charge is 2.21. The third-order valence-corrected chi connectivity index (χ3v) is 5.81. The van der Waals surface area contributed by atoms with Crippen molar-refractivity contribution < 1.29 is 22.3 Å². The fourth-order valence-electron chi connectivity index (χ4n) is 2.44. The summed E-state index contributed by atoms with van der Waals surface area (Å²) in [5.41, 5.74) is 1.000. The molecule has 3 aromatic rings. The van der Waals surface area contributed by atoms with Crippen LogP contribution in [0, 0.1) is 5.82 Å². The molecule has 0 spiro atoms. The molecular weight excluding hydrogens is 397 g/mol. The molecule has 2 aromatic carbocycles. The first-order valence-corrected chi connectivity index (χ1v) is 9.97. The summed E-state index contributed by atoms with van der Waals surface area (Å²) in [6.45, 7) is -0.203. The van der Waals surface area contributed by atoms with E-state index in [0.29, 0.717) is 17.1 Å². The van der Waals surface area contributed by atoms with Crippen LogP contribution >= 0.6 is 0 Å². The number of benzene rings is 2. The second-order valence-electron chi connectivity index (χ2n) is 5.99. The van der Waals surface area contributed by atoms with E-state index in [2.05, 4.69) is 10.3 Å². The molecule has 29 heavy (non-hydrogen) atoms. The molecule has 0 saturated heterocycles. The zero-order valence-electron chi connectivity index (χ0n) is 15.4. The Balaban J connectivity index is 1.62. The second-order valence-corrected chi connectivity index (χ2v) is 7.96. The number of sulfonamides is 1. The quantitative estimate of drug-likeness (QED) is 0.641. The Kier molecular flexibility index (Phi) is 6.08. The molecule has 1 aromatic heterocycles. The van der Waals surface area contributed by atoms with E-state index in [-0.39, 0.29) is 17.4 Å². The van der Waals surface area contributed by atoms with Gasteiger partial charge in [0.05, 0.1) is 10.6 Å². The largest absolute Gasteiger partial charge is 0.484 e. The van der Waals surface area contributed by atoms with Gasteiger partial charge in [-0.3, -0.25) is 14.1 Å². The van der Waals surface area contributed by atoms with Gasteiger partial charge in [0.25, 0.3) is 15.9 Å². The van der Waals surface area contributed by atoms with E-state index in [4.69, 9.17) is 4.74 Å². The Morgan fingerprint density at radius 3 is 2.28 bits per heavy atom. The maximum absolute atomic E-state index is 13.0. The van der Waals surface area contributed by atoms with E-state index in [1.54, 1.807) is 48.8 Å². The molecule has 1 amide bonds. The summed E-state index contributed by atoms with van der Waals surface area (Å²) in [4.78, 5) is 15.7. The minimum absolute atomic E-state index is 0.0190. The van der Waals surface area contributed by atoms with Gasteiger partial charge in [0, 0.05) is 25.1 Å². The zero-order valence-corrected chi connectivity index (χ0v) is 16.3. The first kappa shape index (κ1) is 20.3. The number of halogens is 1. The van der Waals surface area contributed by atoms with E-state index in [0.717, 1.165) is 16.4 Å². The Labute approximate surface area is 167 Å². The standard InChI is InChI=1S/C20H18FN3O4S/c1-24(29(26,27)19-8-2-15(21)3-9-19)17-4-6-18(7-5-17)28-14-20(25)23-16-10-12-22-13-11-16/h2-13H,14H2,1H3,(H,22,23,25). The summed E-state index contributed by atoms with van der Waals surface area (Å²) >= 11 is 0. The zero-order chi connectivity index (χ0) is 20.9. The van der Waals surface area contributed by atoms with Crippen molar-refractivity contribution in [1.82, 2.24) is 4.98 Å². The molecule has 0 saturated carbocycles. The fourth-order valence-corrected chi connectivity index (χ4v) is 3.63. The average Bonchev–Trinajstić information content (AvgIpc) is 2.73. The van der Waals surface area contributed by atoms with Gasteiger partial charge in [0.15, 0.2) is 6.61 Å². The van der Waals surface area contributed by atoms with Gasteiger partial charge in [0.2, 0.25) is 0 Å². The van der Waals surface area contributed by atoms with Gasteiger partial charge in [-0.1, -0.05) is 0 Å². The highest BCUT2D eigenvalue weighted by atomic mass is 32.2. The molecule has 0 aliphatic carbocycles. The predicted molar refractivity (Wildman–Crippen MR) is 107 cm³/mol. The lowest BCUT2D eigenvalue weighted by Gasteiger charge is -2.19. The maximum Gasteiger partial charge on any atom is 0.264 e. The first-order chi connectivity index (χ1) is 13.9. The monoisotopic (exact) mass is 415 g/mol. The topological polar surface area (TPSA) is 88.6 Å². The van der Waals surface area contributed by atoms with Crippen LogP contribution in [0.4, 0.5) is 15.8 Å². The lowest BCUT2D eigenvalue weighted by Crippen LogP contribution is -2.26. The van der Waals surface area contributed by atoms with Crippen LogP contribution in [0.5, 0.6) is 5.75 Å². The van der Waals surface area contributed by atoms with Gasteiger partial charge in [-0.25, -0.2) is 12.8 Å². The molecule has 0 radical (unpaired) electrons. The Hall–Kier alpha value is -3.46. The number of anilines is 2. The van der Waals surface area contributed by atoms with Crippen molar-refractivity contribution in [3.63, 3.8) is 0 Å². The number of rotatable bonds is 7. The number of carbonyl (C=O) groups excluding carboxylic acids is 1. The van der Waals surface area contributed by atoms with Crippen molar-refractivity contribution in [2.75, 3.05) is 23.3 Å². The molecule has 1 heterocycles. The molecule has 0 aliphatic rings. The number of ether oxygens (including phenoxy) is 1. The Bertz CT molecular complexity index is 1070. The number of nitrogens with zero attached hydrogens (tertiary/aromatic N) is 2. The molecule has 0 fully saturated rings. The number of pyridine rings is 1. The predicted octanol–water partition coefficient (Wildman–Crippen LogP) is 3.06. The number of carbonyl (C=O) groups is 1. The minimum Gasteiger partial charge on any atom is -0.484 e. The molecule has 7 nitrogen and oxygen atoms in total. The average molecular weight is 415 g/mol. The van der Waals surface area contributed by atoms with Crippen LogP contribution < -0.4 is 14.4 Å². The summed E-state index contributed by atoms with van der Waals surface area (Å²) in [7, 11) is -2.43. The molecule has 150 valence electrons. The molecular formula is C20H18FN3O4S. The number of hydrogen-bond donors (Lipinski definition) is 1. The number of aromatic nitrogens is 1. The molecule has 1 N–H and O–H groups in total. The van der Waals surface area contributed by atoms with Crippen LogP contribution in [-0.4, -0.2) is 33.0 Å². The normalized spacial score (nSPS) is 11.0. The molecule has 0 atom stereocenters. The van der Waals surface area contributed by atoms with E-state index in [1.807, 2.05) is 0 Å². The van der Waals surface area contributed by atoms with Gasteiger partial charge in [-0.2, -0.15) is 0 Å². The molecule has 0 unspecified atom stereocenters. The van der Waals surface area contributed by atoms with Gasteiger partial charge in [0.1, 0.15) is 11.6 Å². The molecule has 3 rings (SSSR count). The molecule has 9 heteroatoms. The minimum atomic E-state index is -3.83. The smallest absolute Gasteiger partial charge is 0.264 e. The number of hydrogen-bond acceptors (Lipinski definition) is 5. The Morgan fingerprint density at radius 2 is 1.66 bits per heavy atom. The lowest BCUT2D eigenvalue weighted by molar-refractivity contribution is -0.118. The fraction of sp³-hybridized carbons (Fsp3) is 0.100. The van der Waals surface area contributed by atoms with E-state index >= 15 is 0 Å². The van der Waals surface area contributed by atoms with E-state index in [1.165, 1.54) is 19.2 Å². The van der Waals surface area contributed by atoms with E-state index in [9.17, 15) is 17.6 Å². The van der Waals surface area contributed by atoms with Crippen LogP contribution in [-0.2, 0) is 14.8 Å². The molecule has 0 aliphatic heterocycles. The second kappa shape index (κ2) is 8.70. The summed E-state index contributed by atoms with van der Waals surface area (Å²) in [5, 5.41) is 2.67.